The third-order valence-corrected chi connectivity index (χ3v) is 2.61. The number of hydrogen-bond donors (Lipinski definition) is 0. The van der Waals surface area contributed by atoms with Gasteiger partial charge in [0.15, 0.2) is 0 Å². The summed E-state index contributed by atoms with van der Waals surface area (Å²) in [6, 6.07) is 9.93. The largest absolute Gasteiger partial charge is 0.192 e. The summed E-state index contributed by atoms with van der Waals surface area (Å²) in [4.78, 5) is 0. The maximum Gasteiger partial charge on any atom is 0.0991 e. The highest BCUT2D eigenvalue weighted by molar-refractivity contribution is 9.09. The van der Waals surface area contributed by atoms with Crippen molar-refractivity contribution >= 4 is 15.9 Å². The molecule has 0 saturated heterocycles. The Bertz CT molecular complexity index is 297. The van der Waals surface area contributed by atoms with E-state index in [-0.39, 0.29) is 0 Å². The molecule has 0 heterocycles. The first-order valence-electron chi connectivity index (χ1n) is 4.34. The summed E-state index contributed by atoms with van der Waals surface area (Å²) >= 11 is 3.42. The Morgan fingerprint density at radius 3 is 2.46 bits per heavy atom. The van der Waals surface area contributed by atoms with Crippen molar-refractivity contribution in [1.82, 2.24) is 0 Å². The van der Waals surface area contributed by atoms with E-state index in [1.165, 1.54) is 5.56 Å². The van der Waals surface area contributed by atoms with Crippen LogP contribution < -0.4 is 0 Å². The van der Waals surface area contributed by atoms with E-state index in [0.29, 0.717) is 5.92 Å². The third kappa shape index (κ3) is 2.86. The maximum atomic E-state index is 8.61. The Balaban J connectivity index is 2.75. The molecule has 0 fully saturated rings. The van der Waals surface area contributed by atoms with Crippen molar-refractivity contribution in [3.63, 3.8) is 0 Å². The molecule has 1 nitrogen and oxygen atoms in total. The fourth-order valence-electron chi connectivity index (χ4n) is 1.22. The molecule has 2 heteroatoms. The molecule has 0 radical (unpaired) electrons. The van der Waals surface area contributed by atoms with Crippen molar-refractivity contribution in [2.75, 3.05) is 5.33 Å². The molecule has 1 atom stereocenters. The maximum absolute atomic E-state index is 8.61. The lowest BCUT2D eigenvalue weighted by molar-refractivity contribution is 0.744. The zero-order chi connectivity index (χ0) is 9.68. The first-order chi connectivity index (χ1) is 6.27. The number of nitriles is 1. The topological polar surface area (TPSA) is 23.8 Å². The fraction of sp³-hybridized carbons (Fsp3) is 0.364. The second kappa shape index (κ2) is 5.04. The molecule has 0 aliphatic rings. The normalized spacial score (nSPS) is 12.1. The molecule has 0 saturated carbocycles. The number of benzene rings is 1. The molecular formula is C11H12BrN. The van der Waals surface area contributed by atoms with Crippen LogP contribution in [0.2, 0.25) is 0 Å². The third-order valence-electron chi connectivity index (χ3n) is 2.15. The molecule has 68 valence electrons. The van der Waals surface area contributed by atoms with Crippen LogP contribution in [0.4, 0.5) is 0 Å². The van der Waals surface area contributed by atoms with Gasteiger partial charge in [-0.3, -0.25) is 0 Å². The van der Waals surface area contributed by atoms with Crippen LogP contribution in [-0.4, -0.2) is 5.33 Å². The summed E-state index contributed by atoms with van der Waals surface area (Å²) in [7, 11) is 0. The van der Waals surface area contributed by atoms with Crippen LogP contribution in [-0.2, 0) is 0 Å². The highest BCUT2D eigenvalue weighted by Gasteiger charge is 2.03. The summed E-state index contributed by atoms with van der Waals surface area (Å²) in [6.07, 6.45) is 1.13. The van der Waals surface area contributed by atoms with Crippen molar-refractivity contribution in [2.45, 2.75) is 19.3 Å². The molecule has 0 aromatic heterocycles. The minimum Gasteiger partial charge on any atom is -0.192 e. The van der Waals surface area contributed by atoms with E-state index in [4.69, 9.17) is 5.26 Å². The van der Waals surface area contributed by atoms with Crippen LogP contribution in [0.1, 0.15) is 30.4 Å². The van der Waals surface area contributed by atoms with E-state index in [1.54, 1.807) is 0 Å². The minimum absolute atomic E-state index is 0.562. The first kappa shape index (κ1) is 10.3. The Morgan fingerprint density at radius 2 is 2.00 bits per heavy atom. The Labute approximate surface area is 87.5 Å². The highest BCUT2D eigenvalue weighted by Crippen LogP contribution is 2.19. The summed E-state index contributed by atoms with van der Waals surface area (Å²) in [5.74, 6) is 0.562. The van der Waals surface area contributed by atoms with Gasteiger partial charge in [0.2, 0.25) is 0 Å². The molecule has 1 unspecified atom stereocenters. The predicted molar refractivity (Wildman–Crippen MR) is 58.0 cm³/mol. The van der Waals surface area contributed by atoms with E-state index in [1.807, 2.05) is 24.3 Å². The number of nitrogens with zero attached hydrogens (tertiary/aromatic N) is 1. The molecular weight excluding hydrogens is 226 g/mol. The summed E-state index contributed by atoms with van der Waals surface area (Å²) < 4.78 is 0. The summed E-state index contributed by atoms with van der Waals surface area (Å²) in [6.45, 7) is 2.20. The molecule has 1 aromatic carbocycles. The summed E-state index contributed by atoms with van der Waals surface area (Å²) in [5.41, 5.74) is 2.04. The van der Waals surface area contributed by atoms with Gasteiger partial charge >= 0.3 is 0 Å². The SMILES string of the molecule is CC(CCBr)c1ccc(C#N)cc1. The van der Waals surface area contributed by atoms with Gasteiger partial charge in [-0.05, 0) is 30.0 Å². The van der Waals surface area contributed by atoms with Crippen molar-refractivity contribution in [3.8, 4) is 6.07 Å². The fourth-order valence-corrected chi connectivity index (χ4v) is 1.90. The lowest BCUT2D eigenvalue weighted by Gasteiger charge is -2.09. The standard InChI is InChI=1S/C11H12BrN/c1-9(6-7-12)11-4-2-10(8-13)3-5-11/h2-5,9H,6-7H2,1H3. The van der Waals surface area contributed by atoms with Crippen LogP contribution in [0, 0.1) is 11.3 Å². The van der Waals surface area contributed by atoms with E-state index in [2.05, 4.69) is 28.9 Å². The van der Waals surface area contributed by atoms with Crippen LogP contribution in [0.15, 0.2) is 24.3 Å². The molecule has 0 amide bonds. The van der Waals surface area contributed by atoms with Crippen LogP contribution in [0.3, 0.4) is 0 Å². The van der Waals surface area contributed by atoms with E-state index < -0.39 is 0 Å². The van der Waals surface area contributed by atoms with Gasteiger partial charge in [-0.2, -0.15) is 5.26 Å². The van der Waals surface area contributed by atoms with Crippen LogP contribution >= 0.6 is 15.9 Å². The number of halogens is 1. The van der Waals surface area contributed by atoms with Crippen molar-refractivity contribution in [2.24, 2.45) is 0 Å². The molecule has 0 spiro atoms. The lowest BCUT2D eigenvalue weighted by Crippen LogP contribution is -1.93. The number of hydrogen-bond acceptors (Lipinski definition) is 1. The van der Waals surface area contributed by atoms with Gasteiger partial charge in [0.25, 0.3) is 0 Å². The Hall–Kier alpha value is -0.810. The average molecular weight is 238 g/mol. The quantitative estimate of drug-likeness (QED) is 0.740. The van der Waals surface area contributed by atoms with Gasteiger partial charge in [0.1, 0.15) is 0 Å². The molecule has 0 aliphatic carbocycles. The van der Waals surface area contributed by atoms with Crippen molar-refractivity contribution < 1.29 is 0 Å². The minimum atomic E-state index is 0.562. The van der Waals surface area contributed by atoms with Gasteiger partial charge in [-0.25, -0.2) is 0 Å². The van der Waals surface area contributed by atoms with Crippen molar-refractivity contribution in [1.29, 1.82) is 5.26 Å². The highest BCUT2D eigenvalue weighted by atomic mass is 79.9. The predicted octanol–water partition coefficient (Wildman–Crippen LogP) is 3.45. The van der Waals surface area contributed by atoms with Crippen molar-refractivity contribution in [3.05, 3.63) is 35.4 Å². The van der Waals surface area contributed by atoms with Gasteiger partial charge in [0.05, 0.1) is 11.6 Å². The number of alkyl halides is 1. The summed E-state index contributed by atoms with van der Waals surface area (Å²) in [5, 5.41) is 9.63. The molecule has 1 aromatic rings. The van der Waals surface area contributed by atoms with Crippen LogP contribution in [0.25, 0.3) is 0 Å². The second-order valence-corrected chi connectivity index (χ2v) is 3.91. The zero-order valence-corrected chi connectivity index (χ0v) is 9.21. The monoisotopic (exact) mass is 237 g/mol. The molecule has 0 aliphatic heterocycles. The molecule has 0 bridgehead atoms. The van der Waals surface area contributed by atoms with Crippen LogP contribution in [0.5, 0.6) is 0 Å². The van der Waals surface area contributed by atoms with Gasteiger partial charge < -0.3 is 0 Å². The van der Waals surface area contributed by atoms with Gasteiger partial charge in [-0.1, -0.05) is 35.0 Å². The average Bonchev–Trinajstić information content (AvgIpc) is 2.18. The Kier molecular flexibility index (Phi) is 3.98. The van der Waals surface area contributed by atoms with Gasteiger partial charge in [-0.15, -0.1) is 0 Å². The van der Waals surface area contributed by atoms with E-state index in [9.17, 15) is 0 Å². The molecule has 0 N–H and O–H groups in total. The first-order valence-corrected chi connectivity index (χ1v) is 5.46. The smallest absolute Gasteiger partial charge is 0.0991 e. The molecule has 1 rings (SSSR count). The number of rotatable bonds is 3. The Morgan fingerprint density at radius 1 is 1.38 bits per heavy atom. The lowest BCUT2D eigenvalue weighted by atomic mass is 9.98. The second-order valence-electron chi connectivity index (χ2n) is 3.11. The zero-order valence-electron chi connectivity index (χ0n) is 7.63. The van der Waals surface area contributed by atoms with Gasteiger partial charge in [0, 0.05) is 5.33 Å². The van der Waals surface area contributed by atoms with E-state index >= 15 is 0 Å². The molecule has 13 heavy (non-hydrogen) atoms. The van der Waals surface area contributed by atoms with E-state index in [0.717, 1.165) is 17.3 Å².